The minimum atomic E-state index is -1.42. The summed E-state index contributed by atoms with van der Waals surface area (Å²) in [7, 11) is 2.00. The summed E-state index contributed by atoms with van der Waals surface area (Å²) in [5.74, 6) is -0.855. The number of aromatic hydroxyl groups is 1. The molecule has 9 nitrogen and oxygen atoms in total. The normalized spacial score (nSPS) is 30.9. The number of aliphatic hydroxyl groups is 2. The third-order valence-electron chi connectivity index (χ3n) is 8.65. The van der Waals surface area contributed by atoms with E-state index in [0.29, 0.717) is 30.7 Å². The molecular weight excluding hydrogens is 476 g/mol. The average molecular weight is 507 g/mol. The number of carbonyl (C=O) groups is 2. The number of phenols is 1. The summed E-state index contributed by atoms with van der Waals surface area (Å²) in [5, 5.41) is 35.6. The Bertz CT molecular complexity index is 1310. The van der Waals surface area contributed by atoms with Crippen molar-refractivity contribution in [3.05, 3.63) is 71.0 Å². The van der Waals surface area contributed by atoms with E-state index in [1.165, 1.54) is 6.92 Å². The lowest BCUT2D eigenvalue weighted by atomic mass is 9.50. The van der Waals surface area contributed by atoms with Gasteiger partial charge < -0.3 is 35.0 Å². The number of aliphatic hydroxyl groups excluding tert-OH is 1. The molecule has 6 rings (SSSR count). The molecular formula is C28H30N2O7. The number of nitrogens with zero attached hydrogens (tertiary/aromatic N) is 1. The summed E-state index contributed by atoms with van der Waals surface area (Å²) in [6.45, 7) is 2.20. The van der Waals surface area contributed by atoms with Crippen LogP contribution in [0, 0.1) is 0 Å². The van der Waals surface area contributed by atoms with Crippen molar-refractivity contribution >= 4 is 11.9 Å². The van der Waals surface area contributed by atoms with Crippen LogP contribution >= 0.6 is 0 Å². The maximum Gasteiger partial charge on any atom is 0.333 e. The molecule has 0 aromatic heterocycles. The highest BCUT2D eigenvalue weighted by Crippen LogP contribution is 2.65. The number of likely N-dealkylation sites (N-methyl/N-ethyl adjacent to an activating group) is 1. The molecule has 4 aliphatic rings. The molecule has 2 unspecified atom stereocenters. The van der Waals surface area contributed by atoms with Crippen molar-refractivity contribution in [1.82, 2.24) is 10.2 Å². The maximum absolute atomic E-state index is 13.1. The van der Waals surface area contributed by atoms with E-state index in [2.05, 4.69) is 10.2 Å². The Morgan fingerprint density at radius 1 is 1.22 bits per heavy atom. The molecule has 0 radical (unpaired) electrons. The van der Waals surface area contributed by atoms with Crippen molar-refractivity contribution in [2.45, 2.75) is 61.5 Å². The van der Waals surface area contributed by atoms with E-state index in [1.807, 2.05) is 13.1 Å². The molecule has 2 bridgehead atoms. The molecule has 6 atom stereocenters. The van der Waals surface area contributed by atoms with Crippen LogP contribution < -0.4 is 10.1 Å². The number of benzene rings is 2. The van der Waals surface area contributed by atoms with Crippen molar-refractivity contribution in [3.8, 4) is 11.5 Å². The van der Waals surface area contributed by atoms with Gasteiger partial charge in [-0.1, -0.05) is 36.4 Å². The van der Waals surface area contributed by atoms with Crippen LogP contribution in [0.5, 0.6) is 11.5 Å². The van der Waals surface area contributed by atoms with Gasteiger partial charge in [0.2, 0.25) is 0 Å². The first-order valence-corrected chi connectivity index (χ1v) is 12.6. The quantitative estimate of drug-likeness (QED) is 0.449. The number of carbonyl (C=O) groups excluding carboxylic acids is 2. The zero-order valence-electron chi connectivity index (χ0n) is 20.7. The fraction of sp³-hybridized carbons (Fsp3) is 0.429. The number of nitrogens with one attached hydrogen (secondary N) is 1. The maximum atomic E-state index is 13.1. The highest BCUT2D eigenvalue weighted by atomic mass is 16.6. The summed E-state index contributed by atoms with van der Waals surface area (Å²) in [6, 6.07) is 10.7. The van der Waals surface area contributed by atoms with Crippen LogP contribution in [0.25, 0.3) is 0 Å². The lowest BCUT2D eigenvalue weighted by Gasteiger charge is -2.61. The standard InChI is InChI=1S/C28H30N2O7/c1-15(29-25(33)22(32)16-6-4-3-5-7-16)26(34)36-19-10-11-28(35)20-14-17-8-9-18(31)23-21(17)27(28,24(19)37-23)12-13-30(20)2/h3-10,15,20,22,24,31-32,35H,11-14H2,1-2H3,(H,29,33)/t15?,20-,22?,24+,27+,28-/m1/s1. The van der Waals surface area contributed by atoms with Gasteiger partial charge in [0, 0.05) is 18.0 Å². The largest absolute Gasteiger partial charge is 0.504 e. The lowest BCUT2D eigenvalue weighted by molar-refractivity contribution is -0.170. The SMILES string of the molecule is CC(NC(=O)C(O)c1ccccc1)C(=O)OC1=CC[C@@]2(O)[C@H]3Cc4ccc(O)c5c4[C@@]2(CCN3C)[C@H]1O5. The first-order chi connectivity index (χ1) is 17.7. The Balaban J connectivity index is 1.27. The first kappa shape index (κ1) is 24.0. The summed E-state index contributed by atoms with van der Waals surface area (Å²) in [5.41, 5.74) is 0.201. The number of hydrogen-bond acceptors (Lipinski definition) is 8. The monoisotopic (exact) mass is 506 g/mol. The Labute approximate surface area is 214 Å². The van der Waals surface area contributed by atoms with Crippen LogP contribution in [0.3, 0.4) is 0 Å². The highest BCUT2D eigenvalue weighted by molar-refractivity contribution is 5.87. The molecule has 1 fully saturated rings. The molecule has 1 amide bonds. The zero-order chi connectivity index (χ0) is 26.1. The van der Waals surface area contributed by atoms with Gasteiger partial charge in [0.1, 0.15) is 11.8 Å². The second kappa shape index (κ2) is 8.31. The number of hydrogen-bond donors (Lipinski definition) is 4. The topological polar surface area (TPSA) is 129 Å². The Kier molecular flexibility index (Phi) is 5.38. The minimum absolute atomic E-state index is 0.0107. The van der Waals surface area contributed by atoms with Crippen LogP contribution in [0.1, 0.15) is 42.6 Å². The number of piperidine rings is 1. The number of likely N-dealkylation sites (tertiary alicyclic amines) is 1. The van der Waals surface area contributed by atoms with Crippen LogP contribution in [-0.2, 0) is 26.2 Å². The fourth-order valence-corrected chi connectivity index (χ4v) is 6.78. The number of rotatable bonds is 5. The molecule has 9 heteroatoms. The summed E-state index contributed by atoms with van der Waals surface area (Å²) in [4.78, 5) is 27.8. The minimum Gasteiger partial charge on any atom is -0.504 e. The number of esters is 1. The van der Waals surface area contributed by atoms with Gasteiger partial charge in [-0.15, -0.1) is 0 Å². The van der Waals surface area contributed by atoms with Gasteiger partial charge in [-0.2, -0.15) is 0 Å². The van der Waals surface area contributed by atoms with Crippen LogP contribution in [0.4, 0.5) is 0 Å². The second-order valence-corrected chi connectivity index (χ2v) is 10.6. The Hall–Kier alpha value is -3.40. The molecule has 2 aliphatic heterocycles. The van der Waals surface area contributed by atoms with E-state index < -0.39 is 41.1 Å². The van der Waals surface area contributed by atoms with Gasteiger partial charge in [0.15, 0.2) is 23.7 Å². The van der Waals surface area contributed by atoms with Gasteiger partial charge in [0.25, 0.3) is 5.91 Å². The second-order valence-electron chi connectivity index (χ2n) is 10.6. The molecule has 1 spiro atoms. The molecule has 0 saturated carbocycles. The van der Waals surface area contributed by atoms with Crippen LogP contribution in [0.15, 0.2) is 54.3 Å². The van der Waals surface area contributed by atoms with E-state index in [9.17, 15) is 24.9 Å². The Morgan fingerprint density at radius 2 is 1.97 bits per heavy atom. The molecule has 4 N–H and O–H groups in total. The molecule has 2 aliphatic carbocycles. The van der Waals surface area contributed by atoms with Gasteiger partial charge in [-0.25, -0.2) is 4.79 Å². The summed E-state index contributed by atoms with van der Waals surface area (Å²) >= 11 is 0. The van der Waals surface area contributed by atoms with Gasteiger partial charge in [0.05, 0.1) is 11.0 Å². The molecule has 37 heavy (non-hydrogen) atoms. The van der Waals surface area contributed by atoms with Crippen molar-refractivity contribution < 1.29 is 34.4 Å². The predicted octanol–water partition coefficient (Wildman–Crippen LogP) is 1.45. The smallest absolute Gasteiger partial charge is 0.333 e. The van der Waals surface area contributed by atoms with E-state index in [4.69, 9.17) is 9.47 Å². The number of amides is 1. The van der Waals surface area contributed by atoms with Crippen LogP contribution in [-0.4, -0.2) is 69.5 Å². The molecule has 194 valence electrons. The predicted molar refractivity (Wildman–Crippen MR) is 132 cm³/mol. The first-order valence-electron chi connectivity index (χ1n) is 12.6. The molecule has 2 heterocycles. The van der Waals surface area contributed by atoms with Crippen molar-refractivity contribution in [2.75, 3.05) is 13.6 Å². The van der Waals surface area contributed by atoms with Gasteiger partial charge in [-0.05, 0) is 56.6 Å². The van der Waals surface area contributed by atoms with Crippen molar-refractivity contribution in [3.63, 3.8) is 0 Å². The van der Waals surface area contributed by atoms with Gasteiger partial charge in [-0.3, -0.25) is 4.79 Å². The molecule has 2 aromatic rings. The third-order valence-corrected chi connectivity index (χ3v) is 8.65. The highest BCUT2D eigenvalue weighted by Gasteiger charge is 2.72. The summed E-state index contributed by atoms with van der Waals surface area (Å²) in [6.07, 6.45) is 0.914. The lowest BCUT2D eigenvalue weighted by Crippen LogP contribution is -2.74. The number of phenolic OH excluding ortho intramolecular Hbond substituents is 1. The van der Waals surface area contributed by atoms with E-state index in [0.717, 1.165) is 11.1 Å². The van der Waals surface area contributed by atoms with E-state index >= 15 is 0 Å². The van der Waals surface area contributed by atoms with Crippen molar-refractivity contribution in [1.29, 1.82) is 0 Å². The number of ether oxygens (including phenoxy) is 2. The average Bonchev–Trinajstić information content (AvgIpc) is 3.25. The third kappa shape index (κ3) is 3.27. The van der Waals surface area contributed by atoms with E-state index in [-0.39, 0.29) is 24.0 Å². The molecule has 2 aromatic carbocycles. The van der Waals surface area contributed by atoms with Crippen molar-refractivity contribution in [2.24, 2.45) is 0 Å². The fourth-order valence-electron chi connectivity index (χ4n) is 6.78. The molecule has 1 saturated heterocycles. The zero-order valence-corrected chi connectivity index (χ0v) is 20.7. The van der Waals surface area contributed by atoms with Gasteiger partial charge >= 0.3 is 5.97 Å². The van der Waals surface area contributed by atoms with E-state index in [1.54, 1.807) is 42.5 Å². The Morgan fingerprint density at radius 3 is 2.73 bits per heavy atom. The summed E-state index contributed by atoms with van der Waals surface area (Å²) < 4.78 is 12.1. The van der Waals surface area contributed by atoms with Crippen LogP contribution in [0.2, 0.25) is 0 Å².